The molecular weight excluding hydrogens is 228 g/mol. The monoisotopic (exact) mass is 252 g/mol. The van der Waals surface area contributed by atoms with Crippen molar-refractivity contribution in [1.82, 2.24) is 4.90 Å². The molecule has 0 spiro atoms. The minimum Gasteiger partial charge on any atom is -0.444 e. The molecular formula is C14H20N2O2. The van der Waals surface area contributed by atoms with Crippen molar-refractivity contribution >= 4 is 11.8 Å². The van der Waals surface area contributed by atoms with Crippen LogP contribution in [0.1, 0.15) is 37.7 Å². The molecule has 4 nitrogen and oxygen atoms in total. The predicted octanol–water partition coefficient (Wildman–Crippen LogP) is 2.60. The molecule has 1 aromatic rings. The van der Waals surface area contributed by atoms with Crippen LogP contribution >= 0.6 is 0 Å². The van der Waals surface area contributed by atoms with Gasteiger partial charge in [0.2, 0.25) is 0 Å². The van der Waals surface area contributed by atoms with Crippen LogP contribution in [-0.2, 0) is 4.74 Å². The predicted molar refractivity (Wildman–Crippen MR) is 71.4 cm³/mol. The van der Waals surface area contributed by atoms with Gasteiger partial charge in [-0.1, -0.05) is 18.1 Å². The summed E-state index contributed by atoms with van der Waals surface area (Å²) in [5, 5.41) is 0. The van der Waals surface area contributed by atoms with Crippen LogP contribution in [0.25, 0.3) is 0 Å². The molecule has 4 heteroatoms. The maximum atomic E-state index is 11.9. The zero-order valence-corrected chi connectivity index (χ0v) is 10.8. The fraction of sp³-hybridized carbons (Fsp3) is 0.500. The number of para-hydroxylation sites is 1. The molecule has 1 saturated heterocycles. The van der Waals surface area contributed by atoms with Gasteiger partial charge in [-0.25, -0.2) is 4.79 Å². The zero-order chi connectivity index (χ0) is 16.8. The summed E-state index contributed by atoms with van der Waals surface area (Å²) in [6.07, 6.45) is -0.428. The summed E-state index contributed by atoms with van der Waals surface area (Å²) >= 11 is 0. The highest BCUT2D eigenvalue weighted by Gasteiger charge is 2.35. The van der Waals surface area contributed by atoms with E-state index in [1.807, 2.05) is 0 Å². The van der Waals surface area contributed by atoms with Gasteiger partial charge in [0.25, 0.3) is 0 Å². The van der Waals surface area contributed by atoms with E-state index in [0.29, 0.717) is 18.7 Å². The summed E-state index contributed by atoms with van der Waals surface area (Å²) in [7, 11) is 0. The van der Waals surface area contributed by atoms with Crippen LogP contribution in [0.15, 0.2) is 24.2 Å². The number of benzene rings is 1. The van der Waals surface area contributed by atoms with Crippen LogP contribution < -0.4 is 5.73 Å². The lowest BCUT2D eigenvalue weighted by molar-refractivity contribution is 0.00824. The maximum Gasteiger partial charge on any atom is 0.410 e. The second kappa shape index (κ2) is 4.52. The molecule has 0 bridgehead atoms. The van der Waals surface area contributed by atoms with Crippen LogP contribution in [0.3, 0.4) is 0 Å². The van der Waals surface area contributed by atoms with E-state index in [4.69, 9.17) is 16.0 Å². The molecule has 0 atom stereocenters. The molecule has 1 aliphatic rings. The summed E-state index contributed by atoms with van der Waals surface area (Å²) in [5.41, 5.74) is 5.71. The number of hydrogen-bond donors (Lipinski definition) is 1. The molecule has 98 valence electrons. The van der Waals surface area contributed by atoms with Crippen molar-refractivity contribution in [2.45, 2.75) is 32.3 Å². The topological polar surface area (TPSA) is 55.6 Å². The number of nitrogens with two attached hydrogens (primary N) is 1. The summed E-state index contributed by atoms with van der Waals surface area (Å²) in [6, 6.07) is -1.00. The Hall–Kier alpha value is -1.71. The molecule has 1 aliphatic heterocycles. The molecule has 1 aromatic carbocycles. The third kappa shape index (κ3) is 2.75. The standard InChI is InChI=1S/C14H20N2O2/c1-14(2,3)18-13(17)16-8-10(9-16)11-6-4-5-7-12(11)15/h4-7,10H,8-9,15H2,1-3H3/i4D,5D,6D,7D. The van der Waals surface area contributed by atoms with Crippen LogP contribution in [0, 0.1) is 0 Å². The number of anilines is 1. The number of likely N-dealkylation sites (tertiary alicyclic amines) is 1. The second-order valence-electron chi connectivity index (χ2n) is 5.41. The van der Waals surface area contributed by atoms with Crippen molar-refractivity contribution < 1.29 is 15.0 Å². The van der Waals surface area contributed by atoms with Gasteiger partial charge in [0, 0.05) is 24.7 Å². The summed E-state index contributed by atoms with van der Waals surface area (Å²) in [4.78, 5) is 13.4. The maximum absolute atomic E-state index is 11.9. The molecule has 18 heavy (non-hydrogen) atoms. The van der Waals surface area contributed by atoms with E-state index < -0.39 is 11.7 Å². The summed E-state index contributed by atoms with van der Waals surface area (Å²) in [5.74, 6) is -0.200. The summed E-state index contributed by atoms with van der Waals surface area (Å²) < 4.78 is 36.3. The second-order valence-corrected chi connectivity index (χ2v) is 5.41. The Morgan fingerprint density at radius 3 is 2.67 bits per heavy atom. The highest BCUT2D eigenvalue weighted by atomic mass is 16.6. The minimum absolute atomic E-state index is 0.0554. The minimum atomic E-state index is -0.572. The van der Waals surface area contributed by atoms with E-state index >= 15 is 0 Å². The van der Waals surface area contributed by atoms with Gasteiger partial charge >= 0.3 is 6.09 Å². The van der Waals surface area contributed by atoms with E-state index in [-0.39, 0.29) is 35.8 Å². The number of carbonyl (C=O) groups is 1. The van der Waals surface area contributed by atoms with E-state index in [0.717, 1.165) is 0 Å². The van der Waals surface area contributed by atoms with Gasteiger partial charge in [-0.3, -0.25) is 0 Å². The first-order valence-electron chi connectivity index (χ1n) is 7.86. The number of amides is 1. The Morgan fingerprint density at radius 2 is 2.06 bits per heavy atom. The fourth-order valence-electron chi connectivity index (χ4n) is 1.79. The average Bonchev–Trinajstić information content (AvgIpc) is 2.34. The molecule has 1 amide bonds. The lowest BCUT2D eigenvalue weighted by atomic mass is 9.91. The molecule has 0 aliphatic carbocycles. The number of carbonyl (C=O) groups excluding carboxylic acids is 1. The quantitative estimate of drug-likeness (QED) is 0.782. The lowest BCUT2D eigenvalue weighted by Crippen LogP contribution is -2.50. The Bertz CT molecular complexity index is 593. The molecule has 0 radical (unpaired) electrons. The average molecular weight is 252 g/mol. The van der Waals surface area contributed by atoms with Crippen molar-refractivity contribution in [2.24, 2.45) is 0 Å². The number of ether oxygens (including phenoxy) is 1. The molecule has 0 saturated carbocycles. The van der Waals surface area contributed by atoms with Crippen LogP contribution in [0.4, 0.5) is 10.5 Å². The number of rotatable bonds is 1. The third-order valence-corrected chi connectivity index (χ3v) is 2.69. The molecule has 1 heterocycles. The van der Waals surface area contributed by atoms with Gasteiger partial charge in [-0.2, -0.15) is 0 Å². The Kier molecular flexibility index (Phi) is 2.11. The molecule has 0 unspecified atom stereocenters. The van der Waals surface area contributed by atoms with Gasteiger partial charge in [-0.05, 0) is 32.4 Å². The molecule has 2 N–H and O–H groups in total. The molecule has 1 fully saturated rings. The number of hydrogen-bond acceptors (Lipinski definition) is 3. The fourth-order valence-corrected chi connectivity index (χ4v) is 1.79. The Morgan fingerprint density at radius 1 is 1.44 bits per heavy atom. The third-order valence-electron chi connectivity index (χ3n) is 2.69. The van der Waals surface area contributed by atoms with Crippen LogP contribution in [0.2, 0.25) is 0 Å². The van der Waals surface area contributed by atoms with Gasteiger partial charge < -0.3 is 15.4 Å². The van der Waals surface area contributed by atoms with Crippen LogP contribution in [-0.4, -0.2) is 29.7 Å². The summed E-state index contributed by atoms with van der Waals surface area (Å²) in [6.45, 7) is 6.03. The van der Waals surface area contributed by atoms with Gasteiger partial charge in [-0.15, -0.1) is 0 Å². The van der Waals surface area contributed by atoms with Crippen LogP contribution in [0.5, 0.6) is 0 Å². The van der Waals surface area contributed by atoms with Gasteiger partial charge in [0.1, 0.15) is 5.60 Å². The van der Waals surface area contributed by atoms with Crippen molar-refractivity contribution in [3.63, 3.8) is 0 Å². The van der Waals surface area contributed by atoms with E-state index in [9.17, 15) is 4.79 Å². The number of nitrogen functional groups attached to an aromatic ring is 1. The van der Waals surface area contributed by atoms with E-state index in [2.05, 4.69) is 0 Å². The number of nitrogens with zero attached hydrogens (tertiary/aromatic N) is 1. The smallest absolute Gasteiger partial charge is 0.410 e. The first kappa shape index (κ1) is 8.40. The van der Waals surface area contributed by atoms with Crippen molar-refractivity contribution in [3.05, 3.63) is 29.7 Å². The zero-order valence-electron chi connectivity index (χ0n) is 14.8. The normalized spacial score (nSPS) is 19.4. The lowest BCUT2D eigenvalue weighted by Gasteiger charge is -2.40. The van der Waals surface area contributed by atoms with Crippen molar-refractivity contribution in [2.75, 3.05) is 18.8 Å². The highest BCUT2D eigenvalue weighted by Crippen LogP contribution is 2.31. The van der Waals surface area contributed by atoms with Crippen molar-refractivity contribution in [3.8, 4) is 0 Å². The molecule has 0 aromatic heterocycles. The Balaban J connectivity index is 2.16. The molecule has 2 rings (SSSR count). The largest absolute Gasteiger partial charge is 0.444 e. The van der Waals surface area contributed by atoms with Gasteiger partial charge in [0.05, 0.1) is 5.48 Å². The first-order valence-corrected chi connectivity index (χ1v) is 5.86. The van der Waals surface area contributed by atoms with Crippen molar-refractivity contribution in [1.29, 1.82) is 0 Å². The Labute approximate surface area is 113 Å². The van der Waals surface area contributed by atoms with E-state index in [1.165, 1.54) is 4.90 Å². The highest BCUT2D eigenvalue weighted by molar-refractivity contribution is 5.70. The van der Waals surface area contributed by atoms with E-state index in [1.54, 1.807) is 20.8 Å². The first-order chi connectivity index (χ1) is 10.0. The van der Waals surface area contributed by atoms with Gasteiger partial charge in [0.15, 0.2) is 0 Å². The SMILES string of the molecule is [2H]c1c([2H])c([2H])c(C2CN(C(=O)OC(C)(C)C)C2)c(N)c1[2H].